The molecule has 3 nitrogen and oxygen atoms in total. The largest absolute Gasteiger partial charge is 0.389 e. The van der Waals surface area contributed by atoms with Gasteiger partial charge in [0.1, 0.15) is 0 Å². The van der Waals surface area contributed by atoms with Crippen LogP contribution in [0.1, 0.15) is 13.8 Å². The van der Waals surface area contributed by atoms with Crippen LogP contribution in [0, 0.1) is 0 Å². The van der Waals surface area contributed by atoms with Gasteiger partial charge in [-0.3, -0.25) is 4.98 Å². The molecule has 17 heavy (non-hydrogen) atoms. The fourth-order valence-electron chi connectivity index (χ4n) is 1.59. The Hall–Kier alpha value is -1.32. The highest BCUT2D eigenvalue weighted by molar-refractivity contribution is 6.35. The third kappa shape index (κ3) is 2.87. The third-order valence-electron chi connectivity index (χ3n) is 2.43. The van der Waals surface area contributed by atoms with Gasteiger partial charge in [-0.25, -0.2) is 0 Å². The highest BCUT2D eigenvalue weighted by Gasteiger charge is 2.13. The van der Waals surface area contributed by atoms with E-state index in [1.165, 1.54) is 0 Å². The van der Waals surface area contributed by atoms with Crippen LogP contribution < -0.4 is 5.32 Å². The van der Waals surface area contributed by atoms with Crippen LogP contribution in [0.4, 0.5) is 5.69 Å². The molecular formula is C13H15ClN2O. The van der Waals surface area contributed by atoms with E-state index in [1.54, 1.807) is 20.0 Å². The van der Waals surface area contributed by atoms with E-state index in [0.29, 0.717) is 11.6 Å². The molecule has 0 saturated heterocycles. The average molecular weight is 251 g/mol. The van der Waals surface area contributed by atoms with Crippen molar-refractivity contribution in [3.8, 4) is 0 Å². The average Bonchev–Trinajstić information content (AvgIpc) is 2.27. The lowest BCUT2D eigenvalue weighted by Gasteiger charge is -2.19. The van der Waals surface area contributed by atoms with Crippen molar-refractivity contribution >= 4 is 28.2 Å². The molecular weight excluding hydrogens is 236 g/mol. The molecule has 0 aliphatic carbocycles. The van der Waals surface area contributed by atoms with Crippen LogP contribution in [0.5, 0.6) is 0 Å². The number of fused-ring (bicyclic) bond motifs is 1. The maximum Gasteiger partial charge on any atom is 0.0948 e. The van der Waals surface area contributed by atoms with Gasteiger partial charge in [-0.15, -0.1) is 0 Å². The van der Waals surface area contributed by atoms with Crippen molar-refractivity contribution in [3.63, 3.8) is 0 Å². The van der Waals surface area contributed by atoms with Gasteiger partial charge < -0.3 is 10.4 Å². The SMILES string of the molecule is CC(C)(O)CNc1ccc(Cl)c2cccnc12. The molecule has 0 aliphatic rings. The minimum absolute atomic E-state index is 0.459. The number of pyridine rings is 1. The molecule has 1 aromatic carbocycles. The van der Waals surface area contributed by atoms with Crippen molar-refractivity contribution in [2.75, 3.05) is 11.9 Å². The summed E-state index contributed by atoms with van der Waals surface area (Å²) < 4.78 is 0. The smallest absolute Gasteiger partial charge is 0.0948 e. The monoisotopic (exact) mass is 250 g/mol. The Bertz CT molecular complexity index is 534. The molecule has 1 heterocycles. The molecule has 0 radical (unpaired) electrons. The minimum atomic E-state index is -0.763. The Morgan fingerprint density at radius 3 is 2.82 bits per heavy atom. The summed E-state index contributed by atoms with van der Waals surface area (Å²) in [6, 6.07) is 7.50. The summed E-state index contributed by atoms with van der Waals surface area (Å²) in [6.45, 7) is 3.97. The van der Waals surface area contributed by atoms with Crippen LogP contribution >= 0.6 is 11.6 Å². The van der Waals surface area contributed by atoms with Gasteiger partial charge in [0, 0.05) is 18.1 Å². The Labute approximate surface area is 105 Å². The molecule has 0 atom stereocenters. The van der Waals surface area contributed by atoms with Crippen LogP contribution in [0.25, 0.3) is 10.9 Å². The molecule has 0 aliphatic heterocycles. The Morgan fingerprint density at radius 2 is 2.12 bits per heavy atom. The van der Waals surface area contributed by atoms with Crippen molar-refractivity contribution < 1.29 is 5.11 Å². The van der Waals surface area contributed by atoms with E-state index in [9.17, 15) is 5.11 Å². The van der Waals surface area contributed by atoms with Gasteiger partial charge in [-0.2, -0.15) is 0 Å². The third-order valence-corrected chi connectivity index (χ3v) is 2.76. The van der Waals surface area contributed by atoms with Gasteiger partial charge in [-0.1, -0.05) is 11.6 Å². The molecule has 0 unspecified atom stereocenters. The summed E-state index contributed by atoms with van der Waals surface area (Å²) in [5.41, 5.74) is 0.942. The Morgan fingerprint density at radius 1 is 1.35 bits per heavy atom. The highest BCUT2D eigenvalue weighted by Crippen LogP contribution is 2.28. The summed E-state index contributed by atoms with van der Waals surface area (Å²) in [5, 5.41) is 14.5. The number of rotatable bonds is 3. The molecule has 0 spiro atoms. The van der Waals surface area contributed by atoms with Crippen molar-refractivity contribution in [1.29, 1.82) is 0 Å². The minimum Gasteiger partial charge on any atom is -0.389 e. The number of hydrogen-bond acceptors (Lipinski definition) is 3. The highest BCUT2D eigenvalue weighted by atomic mass is 35.5. The number of anilines is 1. The number of halogens is 1. The van der Waals surface area contributed by atoms with Crippen LogP contribution in [0.3, 0.4) is 0 Å². The molecule has 1 aromatic heterocycles. The van der Waals surface area contributed by atoms with E-state index < -0.39 is 5.60 Å². The first-order chi connectivity index (χ1) is 7.97. The second kappa shape index (κ2) is 4.51. The molecule has 0 saturated carbocycles. The maximum atomic E-state index is 9.70. The number of hydrogen-bond donors (Lipinski definition) is 2. The lowest BCUT2D eigenvalue weighted by molar-refractivity contribution is 0.0945. The van der Waals surface area contributed by atoms with Crippen molar-refractivity contribution in [1.82, 2.24) is 4.98 Å². The predicted molar refractivity (Wildman–Crippen MR) is 71.5 cm³/mol. The first-order valence-corrected chi connectivity index (χ1v) is 5.85. The summed E-state index contributed by atoms with van der Waals surface area (Å²) in [5.74, 6) is 0. The molecule has 0 amide bonds. The predicted octanol–water partition coefficient (Wildman–Crippen LogP) is 3.07. The molecule has 2 N–H and O–H groups in total. The van der Waals surface area contributed by atoms with Gasteiger partial charge in [-0.05, 0) is 38.1 Å². The van der Waals surface area contributed by atoms with Crippen LogP contribution in [0.15, 0.2) is 30.5 Å². The summed E-state index contributed by atoms with van der Waals surface area (Å²) >= 11 is 6.10. The molecule has 0 fully saturated rings. The van der Waals surface area contributed by atoms with E-state index in [2.05, 4.69) is 10.3 Å². The molecule has 2 aromatic rings. The van der Waals surface area contributed by atoms with Gasteiger partial charge in [0.25, 0.3) is 0 Å². The van der Waals surface area contributed by atoms with Gasteiger partial charge in [0.05, 0.1) is 21.8 Å². The maximum absolute atomic E-state index is 9.70. The second-order valence-corrected chi connectivity index (χ2v) is 5.07. The number of nitrogens with zero attached hydrogens (tertiary/aromatic N) is 1. The zero-order valence-electron chi connectivity index (χ0n) is 9.87. The van der Waals surface area contributed by atoms with E-state index in [-0.39, 0.29) is 0 Å². The standard InChI is InChI=1S/C13H15ClN2O/c1-13(2,17)8-16-11-6-5-10(14)9-4-3-7-15-12(9)11/h3-7,16-17H,8H2,1-2H3. The molecule has 4 heteroatoms. The molecule has 0 bridgehead atoms. The van der Waals surface area contributed by atoms with E-state index in [0.717, 1.165) is 16.6 Å². The summed E-state index contributed by atoms with van der Waals surface area (Å²) in [6.07, 6.45) is 1.73. The summed E-state index contributed by atoms with van der Waals surface area (Å²) in [7, 11) is 0. The van der Waals surface area contributed by atoms with Gasteiger partial charge in [0.2, 0.25) is 0 Å². The van der Waals surface area contributed by atoms with E-state index in [4.69, 9.17) is 11.6 Å². The quantitative estimate of drug-likeness (QED) is 0.880. The zero-order chi connectivity index (χ0) is 12.5. The fourth-order valence-corrected chi connectivity index (χ4v) is 1.81. The van der Waals surface area contributed by atoms with Crippen LogP contribution in [0.2, 0.25) is 5.02 Å². The topological polar surface area (TPSA) is 45.1 Å². The van der Waals surface area contributed by atoms with E-state index >= 15 is 0 Å². The number of nitrogens with one attached hydrogen (secondary N) is 1. The van der Waals surface area contributed by atoms with Crippen molar-refractivity contribution in [2.24, 2.45) is 0 Å². The van der Waals surface area contributed by atoms with Crippen LogP contribution in [-0.4, -0.2) is 22.2 Å². The fraction of sp³-hybridized carbons (Fsp3) is 0.308. The first-order valence-electron chi connectivity index (χ1n) is 5.47. The van der Waals surface area contributed by atoms with E-state index in [1.807, 2.05) is 24.3 Å². The summed E-state index contributed by atoms with van der Waals surface area (Å²) in [4.78, 5) is 4.31. The van der Waals surface area contributed by atoms with Crippen molar-refractivity contribution in [2.45, 2.75) is 19.4 Å². The second-order valence-electron chi connectivity index (χ2n) is 4.66. The normalized spacial score (nSPS) is 11.8. The van der Waals surface area contributed by atoms with Crippen molar-refractivity contribution in [3.05, 3.63) is 35.5 Å². The lowest BCUT2D eigenvalue weighted by Crippen LogP contribution is -2.29. The number of aliphatic hydroxyl groups is 1. The number of benzene rings is 1. The Balaban J connectivity index is 2.38. The Kier molecular flexibility index (Phi) is 3.22. The molecule has 90 valence electrons. The van der Waals surface area contributed by atoms with Gasteiger partial charge >= 0.3 is 0 Å². The van der Waals surface area contributed by atoms with Crippen LogP contribution in [-0.2, 0) is 0 Å². The lowest BCUT2D eigenvalue weighted by atomic mass is 10.1. The van der Waals surface area contributed by atoms with Gasteiger partial charge in [0.15, 0.2) is 0 Å². The molecule has 2 rings (SSSR count). The zero-order valence-corrected chi connectivity index (χ0v) is 10.6. The first kappa shape index (κ1) is 12.1. The number of aromatic nitrogens is 1.